The van der Waals surface area contributed by atoms with Crippen LogP contribution in [0.15, 0.2) is 36.0 Å². The van der Waals surface area contributed by atoms with Gasteiger partial charge in [0, 0.05) is 25.0 Å². The molecule has 0 radical (unpaired) electrons. The second-order valence-electron chi connectivity index (χ2n) is 5.48. The van der Waals surface area contributed by atoms with Crippen molar-refractivity contribution in [2.24, 2.45) is 5.92 Å². The van der Waals surface area contributed by atoms with E-state index in [2.05, 4.69) is 12.2 Å². The van der Waals surface area contributed by atoms with Crippen molar-refractivity contribution >= 4 is 11.6 Å². The maximum Gasteiger partial charge on any atom is 0.266 e. The highest BCUT2D eigenvalue weighted by atomic mass is 16.2. The Balaban J connectivity index is 2.02. The average molecular weight is 294 g/mol. The number of benzene rings is 1. The summed E-state index contributed by atoms with van der Waals surface area (Å²) in [5.74, 6) is 0.408. The maximum absolute atomic E-state index is 12.3. The van der Waals surface area contributed by atoms with Gasteiger partial charge in [0.05, 0.1) is 11.6 Å². The first-order chi connectivity index (χ1) is 10.6. The summed E-state index contributed by atoms with van der Waals surface area (Å²) >= 11 is 0. The number of hydrogen-bond donors (Lipinski definition) is 1. The van der Waals surface area contributed by atoms with Gasteiger partial charge in [-0.2, -0.15) is 10.5 Å². The van der Waals surface area contributed by atoms with Gasteiger partial charge < -0.3 is 10.2 Å². The zero-order valence-electron chi connectivity index (χ0n) is 12.5. The number of anilines is 1. The summed E-state index contributed by atoms with van der Waals surface area (Å²) in [4.78, 5) is 14.0. The molecule has 1 aliphatic rings. The molecule has 0 unspecified atom stereocenters. The first-order valence-corrected chi connectivity index (χ1v) is 7.30. The quantitative estimate of drug-likeness (QED) is 0.686. The zero-order valence-corrected chi connectivity index (χ0v) is 12.5. The molecule has 1 aliphatic heterocycles. The Morgan fingerprint density at radius 1 is 1.27 bits per heavy atom. The number of piperidine rings is 1. The second-order valence-corrected chi connectivity index (χ2v) is 5.48. The first-order valence-electron chi connectivity index (χ1n) is 7.30. The smallest absolute Gasteiger partial charge is 0.266 e. The van der Waals surface area contributed by atoms with E-state index in [-0.39, 0.29) is 11.5 Å². The van der Waals surface area contributed by atoms with Gasteiger partial charge in [-0.25, -0.2) is 0 Å². The maximum atomic E-state index is 12.3. The predicted molar refractivity (Wildman–Crippen MR) is 83.5 cm³/mol. The van der Waals surface area contributed by atoms with Crippen LogP contribution in [0, 0.1) is 28.6 Å². The van der Waals surface area contributed by atoms with E-state index in [0.29, 0.717) is 24.6 Å². The lowest BCUT2D eigenvalue weighted by molar-refractivity contribution is -0.128. The van der Waals surface area contributed by atoms with Crippen LogP contribution >= 0.6 is 0 Å². The summed E-state index contributed by atoms with van der Waals surface area (Å²) in [6.07, 6.45) is 3.39. The van der Waals surface area contributed by atoms with Gasteiger partial charge in [0.1, 0.15) is 11.6 Å². The fourth-order valence-electron chi connectivity index (χ4n) is 2.32. The number of hydrogen-bond acceptors (Lipinski definition) is 4. The molecule has 1 amide bonds. The van der Waals surface area contributed by atoms with Crippen molar-refractivity contribution in [3.8, 4) is 12.1 Å². The topological polar surface area (TPSA) is 79.9 Å². The molecule has 0 bridgehead atoms. The van der Waals surface area contributed by atoms with Crippen LogP contribution in [0.5, 0.6) is 0 Å². The fraction of sp³-hybridized carbons (Fsp3) is 0.353. The van der Waals surface area contributed by atoms with Crippen molar-refractivity contribution in [2.45, 2.75) is 19.8 Å². The minimum absolute atomic E-state index is 0.0962. The van der Waals surface area contributed by atoms with Crippen molar-refractivity contribution < 1.29 is 4.79 Å². The molecule has 1 fully saturated rings. The molecule has 2 rings (SSSR count). The van der Waals surface area contributed by atoms with Crippen molar-refractivity contribution in [2.75, 3.05) is 18.4 Å². The van der Waals surface area contributed by atoms with Crippen molar-refractivity contribution in [1.82, 2.24) is 4.90 Å². The summed E-state index contributed by atoms with van der Waals surface area (Å²) in [6.45, 7) is 3.58. The highest BCUT2D eigenvalue weighted by Gasteiger charge is 2.22. The van der Waals surface area contributed by atoms with Gasteiger partial charge in [0.15, 0.2) is 0 Å². The molecule has 1 aromatic rings. The Morgan fingerprint density at radius 2 is 1.91 bits per heavy atom. The van der Waals surface area contributed by atoms with Gasteiger partial charge >= 0.3 is 0 Å². The zero-order chi connectivity index (χ0) is 15.9. The van der Waals surface area contributed by atoms with Crippen LogP contribution in [0.2, 0.25) is 0 Å². The summed E-state index contributed by atoms with van der Waals surface area (Å²) in [7, 11) is 0. The molecule has 1 heterocycles. The lowest BCUT2D eigenvalue weighted by Crippen LogP contribution is -2.38. The lowest BCUT2D eigenvalue weighted by atomic mass is 9.99. The molecular weight excluding hydrogens is 276 g/mol. The van der Waals surface area contributed by atoms with Crippen LogP contribution in [0.4, 0.5) is 5.69 Å². The van der Waals surface area contributed by atoms with Gasteiger partial charge in [-0.05, 0) is 43.0 Å². The van der Waals surface area contributed by atoms with E-state index < -0.39 is 0 Å². The third-order valence-electron chi connectivity index (χ3n) is 3.82. The predicted octanol–water partition coefficient (Wildman–Crippen LogP) is 2.64. The minimum atomic E-state index is -0.226. The fourth-order valence-corrected chi connectivity index (χ4v) is 2.32. The van der Waals surface area contributed by atoms with E-state index in [1.54, 1.807) is 29.2 Å². The van der Waals surface area contributed by atoms with Crippen molar-refractivity contribution in [1.29, 1.82) is 10.5 Å². The Kier molecular flexibility index (Phi) is 5.16. The van der Waals surface area contributed by atoms with Crippen LogP contribution in [0.1, 0.15) is 25.3 Å². The summed E-state index contributed by atoms with van der Waals surface area (Å²) in [5, 5.41) is 20.9. The summed E-state index contributed by atoms with van der Waals surface area (Å²) < 4.78 is 0. The lowest BCUT2D eigenvalue weighted by Gasteiger charge is -2.30. The number of carbonyl (C=O) groups excluding carboxylic acids is 1. The van der Waals surface area contributed by atoms with E-state index >= 15 is 0 Å². The SMILES string of the molecule is CC1CCN(C(=O)/C(C#N)=C\Nc2ccc(C#N)cc2)CC1. The number of likely N-dealkylation sites (tertiary alicyclic amines) is 1. The van der Waals surface area contributed by atoms with E-state index in [1.807, 2.05) is 12.1 Å². The van der Waals surface area contributed by atoms with Crippen LogP contribution in [0.25, 0.3) is 0 Å². The van der Waals surface area contributed by atoms with E-state index in [9.17, 15) is 10.1 Å². The molecule has 112 valence electrons. The Bertz CT molecular complexity index is 641. The van der Waals surface area contributed by atoms with Crippen LogP contribution in [-0.4, -0.2) is 23.9 Å². The van der Waals surface area contributed by atoms with E-state index in [1.165, 1.54) is 6.20 Å². The van der Waals surface area contributed by atoms with Gasteiger partial charge in [-0.3, -0.25) is 4.79 Å². The molecule has 5 heteroatoms. The van der Waals surface area contributed by atoms with Crippen LogP contribution in [-0.2, 0) is 4.79 Å². The molecule has 1 saturated heterocycles. The molecule has 0 spiro atoms. The molecule has 1 N–H and O–H groups in total. The highest BCUT2D eigenvalue weighted by molar-refractivity contribution is 5.97. The van der Waals surface area contributed by atoms with E-state index in [0.717, 1.165) is 18.5 Å². The third kappa shape index (κ3) is 3.86. The van der Waals surface area contributed by atoms with Crippen LogP contribution < -0.4 is 5.32 Å². The number of carbonyl (C=O) groups is 1. The average Bonchev–Trinajstić information content (AvgIpc) is 2.56. The number of nitrogens with one attached hydrogen (secondary N) is 1. The van der Waals surface area contributed by atoms with Crippen LogP contribution in [0.3, 0.4) is 0 Å². The minimum Gasteiger partial charge on any atom is -0.360 e. The monoisotopic (exact) mass is 294 g/mol. The number of nitrogens with zero attached hydrogens (tertiary/aromatic N) is 3. The summed E-state index contributed by atoms with van der Waals surface area (Å²) in [6, 6.07) is 10.8. The van der Waals surface area contributed by atoms with Gasteiger partial charge in [0.25, 0.3) is 5.91 Å². The molecule has 22 heavy (non-hydrogen) atoms. The normalized spacial score (nSPS) is 15.8. The summed E-state index contributed by atoms with van der Waals surface area (Å²) in [5.41, 5.74) is 1.39. The van der Waals surface area contributed by atoms with Gasteiger partial charge in [0.2, 0.25) is 0 Å². The Hall–Kier alpha value is -2.79. The number of nitriles is 2. The van der Waals surface area contributed by atoms with E-state index in [4.69, 9.17) is 5.26 Å². The molecule has 0 saturated carbocycles. The van der Waals surface area contributed by atoms with Gasteiger partial charge in [-0.1, -0.05) is 6.92 Å². The third-order valence-corrected chi connectivity index (χ3v) is 3.82. The molecule has 0 atom stereocenters. The largest absolute Gasteiger partial charge is 0.360 e. The molecular formula is C17H18N4O. The molecule has 1 aromatic carbocycles. The molecule has 0 aliphatic carbocycles. The molecule has 5 nitrogen and oxygen atoms in total. The number of rotatable bonds is 3. The Labute approximate surface area is 130 Å². The van der Waals surface area contributed by atoms with Crippen molar-refractivity contribution in [3.05, 3.63) is 41.6 Å². The highest BCUT2D eigenvalue weighted by Crippen LogP contribution is 2.18. The molecule has 0 aromatic heterocycles. The number of amides is 1. The van der Waals surface area contributed by atoms with Crippen molar-refractivity contribution in [3.63, 3.8) is 0 Å². The first kappa shape index (κ1) is 15.6. The van der Waals surface area contributed by atoms with Gasteiger partial charge in [-0.15, -0.1) is 0 Å². The second kappa shape index (κ2) is 7.28. The standard InChI is InChI=1S/C17H18N4O/c1-13-6-8-21(9-7-13)17(22)15(11-19)12-20-16-4-2-14(10-18)3-5-16/h2-5,12-13,20H,6-9H2,1H3/b15-12-. The Morgan fingerprint density at radius 3 is 2.45 bits per heavy atom.